The van der Waals surface area contributed by atoms with Crippen molar-refractivity contribution in [3.8, 4) is 0 Å². The van der Waals surface area contributed by atoms with Gasteiger partial charge in [0.25, 0.3) is 0 Å². The number of ether oxygens (including phenoxy) is 1. The van der Waals surface area contributed by atoms with E-state index in [1.807, 2.05) is 37.3 Å². The highest BCUT2D eigenvalue weighted by molar-refractivity contribution is 6.01. The summed E-state index contributed by atoms with van der Waals surface area (Å²) < 4.78 is 5.15. The minimum Gasteiger partial charge on any atom is -0.462 e. The topological polar surface area (TPSA) is 26.3 Å². The van der Waals surface area contributed by atoms with Crippen LogP contribution in [0.1, 0.15) is 24.5 Å². The van der Waals surface area contributed by atoms with E-state index in [4.69, 9.17) is 4.74 Å². The molecule has 2 aromatic carbocycles. The van der Waals surface area contributed by atoms with Gasteiger partial charge >= 0.3 is 5.97 Å². The van der Waals surface area contributed by atoms with Crippen molar-refractivity contribution < 1.29 is 9.53 Å². The summed E-state index contributed by atoms with van der Waals surface area (Å²) in [5.41, 5.74) is 3.04. The molecule has 2 heteroatoms. The normalized spacial score (nSPS) is 18.0. The molecule has 0 radical (unpaired) electrons. The van der Waals surface area contributed by atoms with Crippen molar-refractivity contribution in [2.24, 2.45) is 0 Å². The molecule has 0 unspecified atom stereocenters. The molecular weight excluding hydrogens is 260 g/mol. The third-order valence-corrected chi connectivity index (χ3v) is 3.75. The van der Waals surface area contributed by atoms with Gasteiger partial charge in [0.05, 0.1) is 12.2 Å². The lowest BCUT2D eigenvalue weighted by Crippen LogP contribution is -2.07. The molecule has 0 saturated carbocycles. The van der Waals surface area contributed by atoms with Gasteiger partial charge in [-0.3, -0.25) is 0 Å². The fourth-order valence-corrected chi connectivity index (χ4v) is 2.72. The molecule has 3 rings (SSSR count). The van der Waals surface area contributed by atoms with Crippen molar-refractivity contribution in [2.75, 3.05) is 6.61 Å². The van der Waals surface area contributed by atoms with E-state index in [2.05, 4.69) is 24.3 Å². The number of esters is 1. The van der Waals surface area contributed by atoms with Crippen molar-refractivity contribution in [3.05, 3.63) is 65.3 Å². The van der Waals surface area contributed by atoms with Crippen LogP contribution in [0.15, 0.2) is 54.1 Å². The van der Waals surface area contributed by atoms with Crippen LogP contribution < -0.4 is 0 Å². The van der Waals surface area contributed by atoms with Gasteiger partial charge in [0.15, 0.2) is 0 Å². The van der Waals surface area contributed by atoms with Gasteiger partial charge in [-0.05, 0) is 47.7 Å². The summed E-state index contributed by atoms with van der Waals surface area (Å²) in [7, 11) is 0. The monoisotopic (exact) mass is 278 g/mol. The quantitative estimate of drug-likeness (QED) is 0.766. The van der Waals surface area contributed by atoms with Crippen LogP contribution in [0, 0.1) is 0 Å². The number of hydrogen-bond acceptors (Lipinski definition) is 2. The minimum absolute atomic E-state index is 0.255. The van der Waals surface area contributed by atoms with E-state index in [9.17, 15) is 4.79 Å². The molecule has 0 fully saturated rings. The first-order valence-electron chi connectivity index (χ1n) is 7.35. The Hall–Kier alpha value is -2.35. The highest BCUT2D eigenvalue weighted by Gasteiger charge is 2.13. The molecule has 0 aliphatic heterocycles. The zero-order valence-electron chi connectivity index (χ0n) is 12.1. The summed E-state index contributed by atoms with van der Waals surface area (Å²) in [6, 6.07) is 12.6. The number of carbonyl (C=O) groups excluding carboxylic acids is 1. The molecule has 2 nitrogen and oxygen atoms in total. The van der Waals surface area contributed by atoms with Gasteiger partial charge in [-0.1, -0.05) is 48.6 Å². The van der Waals surface area contributed by atoms with E-state index in [1.54, 1.807) is 0 Å². The van der Waals surface area contributed by atoms with Crippen molar-refractivity contribution in [3.63, 3.8) is 0 Å². The lowest BCUT2D eigenvalue weighted by Gasteiger charge is -2.13. The maximum Gasteiger partial charge on any atom is 0.338 e. The van der Waals surface area contributed by atoms with E-state index in [0.29, 0.717) is 12.2 Å². The second-order valence-electron chi connectivity index (χ2n) is 5.12. The Morgan fingerprint density at radius 1 is 1.19 bits per heavy atom. The maximum atomic E-state index is 12.1. The smallest absolute Gasteiger partial charge is 0.338 e. The van der Waals surface area contributed by atoms with Crippen molar-refractivity contribution in [1.82, 2.24) is 0 Å². The Balaban J connectivity index is 2.19. The second kappa shape index (κ2) is 5.96. The molecule has 1 aliphatic carbocycles. The zero-order chi connectivity index (χ0) is 14.7. The highest BCUT2D eigenvalue weighted by atomic mass is 16.5. The van der Waals surface area contributed by atoms with Gasteiger partial charge in [-0.15, -0.1) is 0 Å². The van der Waals surface area contributed by atoms with Crippen LogP contribution in [0.5, 0.6) is 0 Å². The first-order valence-corrected chi connectivity index (χ1v) is 7.35. The Morgan fingerprint density at radius 3 is 2.90 bits per heavy atom. The Morgan fingerprint density at radius 2 is 2.05 bits per heavy atom. The first kappa shape index (κ1) is 13.6. The highest BCUT2D eigenvalue weighted by Crippen LogP contribution is 2.27. The van der Waals surface area contributed by atoms with Gasteiger partial charge in [0, 0.05) is 0 Å². The number of fused-ring (bicyclic) bond motifs is 3. The standard InChI is InChI=1S/C19H18O2/c1-2-21-19(20)16-9-4-3-8-15-12-11-14-7-5-6-10-17(14)18(15)13-16/h4-7,9-13H,2-3,8H2,1H3/b9-4-,16-13+. The lowest BCUT2D eigenvalue weighted by atomic mass is 9.93. The largest absolute Gasteiger partial charge is 0.462 e. The van der Waals surface area contributed by atoms with Gasteiger partial charge < -0.3 is 4.74 Å². The summed E-state index contributed by atoms with van der Waals surface area (Å²) in [6.45, 7) is 2.22. The minimum atomic E-state index is -0.255. The Kier molecular flexibility index (Phi) is 3.87. The molecule has 21 heavy (non-hydrogen) atoms. The Labute approximate surface area is 124 Å². The molecule has 1 aliphatic rings. The SMILES string of the molecule is CCOC(=O)C1=C/c2c(ccc3ccccc23)CC/C=C\1. The molecule has 2 aromatic rings. The van der Waals surface area contributed by atoms with Crippen molar-refractivity contribution >= 4 is 22.8 Å². The molecule has 0 amide bonds. The summed E-state index contributed by atoms with van der Waals surface area (Å²) in [5, 5.41) is 2.38. The van der Waals surface area contributed by atoms with Crippen LogP contribution in [0.25, 0.3) is 16.8 Å². The van der Waals surface area contributed by atoms with Crippen LogP contribution >= 0.6 is 0 Å². The molecule has 0 spiro atoms. The van der Waals surface area contributed by atoms with Crippen LogP contribution in [0.3, 0.4) is 0 Å². The van der Waals surface area contributed by atoms with Gasteiger partial charge in [-0.25, -0.2) is 4.79 Å². The van der Waals surface area contributed by atoms with Crippen LogP contribution in [0.2, 0.25) is 0 Å². The van der Waals surface area contributed by atoms with E-state index in [-0.39, 0.29) is 5.97 Å². The van der Waals surface area contributed by atoms with E-state index in [0.717, 1.165) is 18.4 Å². The summed E-state index contributed by atoms with van der Waals surface area (Å²) >= 11 is 0. The fraction of sp³-hybridized carbons (Fsp3) is 0.211. The predicted octanol–water partition coefficient (Wildman–Crippen LogP) is 4.29. The number of rotatable bonds is 2. The molecule has 0 N–H and O–H groups in total. The average Bonchev–Trinajstić information content (AvgIpc) is 2.47. The van der Waals surface area contributed by atoms with Crippen molar-refractivity contribution in [1.29, 1.82) is 0 Å². The van der Waals surface area contributed by atoms with Crippen LogP contribution in [0.4, 0.5) is 0 Å². The van der Waals surface area contributed by atoms with Crippen LogP contribution in [-0.4, -0.2) is 12.6 Å². The fourth-order valence-electron chi connectivity index (χ4n) is 2.72. The van der Waals surface area contributed by atoms with Gasteiger partial charge in [0.1, 0.15) is 0 Å². The van der Waals surface area contributed by atoms with E-state index in [1.165, 1.54) is 16.3 Å². The lowest BCUT2D eigenvalue weighted by molar-refractivity contribution is -0.138. The molecular formula is C19H18O2. The Bertz CT molecular complexity index is 738. The third-order valence-electron chi connectivity index (χ3n) is 3.75. The molecule has 106 valence electrons. The zero-order valence-corrected chi connectivity index (χ0v) is 12.1. The summed E-state index contributed by atoms with van der Waals surface area (Å²) in [6.07, 6.45) is 7.81. The number of allylic oxidation sites excluding steroid dienone is 1. The molecule has 0 saturated heterocycles. The second-order valence-corrected chi connectivity index (χ2v) is 5.12. The molecule has 0 bridgehead atoms. The summed E-state index contributed by atoms with van der Waals surface area (Å²) in [4.78, 5) is 12.1. The molecule has 0 atom stereocenters. The average molecular weight is 278 g/mol. The van der Waals surface area contributed by atoms with E-state index >= 15 is 0 Å². The molecule has 0 heterocycles. The van der Waals surface area contributed by atoms with Crippen molar-refractivity contribution in [2.45, 2.75) is 19.8 Å². The number of carbonyl (C=O) groups is 1. The number of benzene rings is 2. The third kappa shape index (κ3) is 2.75. The summed E-state index contributed by atoms with van der Waals surface area (Å²) in [5.74, 6) is -0.255. The molecule has 0 aromatic heterocycles. The van der Waals surface area contributed by atoms with Gasteiger partial charge in [-0.2, -0.15) is 0 Å². The first-order chi connectivity index (χ1) is 10.3. The van der Waals surface area contributed by atoms with Crippen LogP contribution in [-0.2, 0) is 16.0 Å². The number of hydrogen-bond donors (Lipinski definition) is 0. The predicted molar refractivity (Wildman–Crippen MR) is 86.0 cm³/mol. The number of aryl methyl sites for hydroxylation is 1. The maximum absolute atomic E-state index is 12.1. The van der Waals surface area contributed by atoms with Gasteiger partial charge in [0.2, 0.25) is 0 Å². The van der Waals surface area contributed by atoms with E-state index < -0.39 is 0 Å².